The van der Waals surface area contributed by atoms with E-state index in [2.05, 4.69) is 58.3 Å². The lowest BCUT2D eigenvalue weighted by molar-refractivity contribution is 0.226. The molecule has 0 radical (unpaired) electrons. The molecule has 0 amide bonds. The zero-order chi connectivity index (χ0) is 14.1. The van der Waals surface area contributed by atoms with Crippen molar-refractivity contribution in [1.29, 1.82) is 0 Å². The van der Waals surface area contributed by atoms with Crippen molar-refractivity contribution >= 4 is 15.9 Å². The molecule has 2 aliphatic carbocycles. The standard InChI is InChI=1S/C17H25BrN2/c1-12(14-5-6-14)20(2)11-15-4-3-13(9-17(15)18)10-19-16-7-8-16/h3-4,9,12,14,16,19H,5-8,10-11H2,1-2H3. The number of nitrogens with zero attached hydrogens (tertiary/aromatic N) is 1. The van der Waals surface area contributed by atoms with E-state index in [0.717, 1.165) is 25.0 Å². The predicted molar refractivity (Wildman–Crippen MR) is 87.7 cm³/mol. The van der Waals surface area contributed by atoms with Crippen molar-refractivity contribution in [3.05, 3.63) is 33.8 Å². The SMILES string of the molecule is CC(C1CC1)N(C)Cc1ccc(CNC2CC2)cc1Br. The molecule has 1 atom stereocenters. The van der Waals surface area contributed by atoms with Crippen molar-refractivity contribution in [2.75, 3.05) is 7.05 Å². The topological polar surface area (TPSA) is 15.3 Å². The molecule has 1 aromatic carbocycles. The minimum Gasteiger partial charge on any atom is -0.310 e. The first-order valence-corrected chi connectivity index (χ1v) is 8.63. The molecule has 1 unspecified atom stereocenters. The minimum atomic E-state index is 0.707. The Hall–Kier alpha value is -0.380. The van der Waals surface area contributed by atoms with Crippen molar-refractivity contribution in [3.8, 4) is 0 Å². The quantitative estimate of drug-likeness (QED) is 0.811. The number of hydrogen-bond acceptors (Lipinski definition) is 2. The molecule has 0 spiro atoms. The third-order valence-electron chi connectivity index (χ3n) is 4.71. The maximum Gasteiger partial charge on any atom is 0.0244 e. The van der Waals surface area contributed by atoms with E-state index >= 15 is 0 Å². The third kappa shape index (κ3) is 3.84. The van der Waals surface area contributed by atoms with Crippen LogP contribution in [0.5, 0.6) is 0 Å². The van der Waals surface area contributed by atoms with Gasteiger partial charge in [-0.2, -0.15) is 0 Å². The van der Waals surface area contributed by atoms with Crippen LogP contribution in [0.2, 0.25) is 0 Å². The van der Waals surface area contributed by atoms with Crippen molar-refractivity contribution in [3.63, 3.8) is 0 Å². The molecule has 0 saturated heterocycles. The summed E-state index contributed by atoms with van der Waals surface area (Å²) in [7, 11) is 2.25. The summed E-state index contributed by atoms with van der Waals surface area (Å²) < 4.78 is 1.25. The summed E-state index contributed by atoms with van der Waals surface area (Å²) in [5, 5.41) is 3.57. The van der Waals surface area contributed by atoms with Crippen LogP contribution in [0.15, 0.2) is 22.7 Å². The van der Waals surface area contributed by atoms with Gasteiger partial charge in [0.1, 0.15) is 0 Å². The van der Waals surface area contributed by atoms with Gasteiger partial charge in [-0.1, -0.05) is 28.1 Å². The van der Waals surface area contributed by atoms with Crippen molar-refractivity contribution in [2.45, 2.75) is 57.8 Å². The number of benzene rings is 1. The third-order valence-corrected chi connectivity index (χ3v) is 5.45. The lowest BCUT2D eigenvalue weighted by Crippen LogP contribution is -2.30. The smallest absolute Gasteiger partial charge is 0.0244 e. The van der Waals surface area contributed by atoms with E-state index in [4.69, 9.17) is 0 Å². The zero-order valence-electron chi connectivity index (χ0n) is 12.5. The average molecular weight is 337 g/mol. The van der Waals surface area contributed by atoms with Gasteiger partial charge < -0.3 is 5.32 Å². The Labute approximate surface area is 131 Å². The summed E-state index contributed by atoms with van der Waals surface area (Å²) in [5.41, 5.74) is 2.78. The van der Waals surface area contributed by atoms with E-state index in [1.807, 2.05) is 0 Å². The minimum absolute atomic E-state index is 0.707. The number of halogens is 1. The van der Waals surface area contributed by atoms with Crippen LogP contribution >= 0.6 is 15.9 Å². The fourth-order valence-corrected chi connectivity index (χ4v) is 3.28. The molecule has 1 aromatic rings. The summed E-state index contributed by atoms with van der Waals surface area (Å²) in [6, 6.07) is 8.31. The molecule has 0 aromatic heterocycles. The summed E-state index contributed by atoms with van der Waals surface area (Å²) in [6.07, 6.45) is 5.53. The van der Waals surface area contributed by atoms with Gasteiger partial charge >= 0.3 is 0 Å². The summed E-state index contributed by atoms with van der Waals surface area (Å²) in [4.78, 5) is 2.49. The lowest BCUT2D eigenvalue weighted by atomic mass is 10.1. The molecule has 2 nitrogen and oxygen atoms in total. The average Bonchev–Trinajstić information content (AvgIpc) is 3.29. The highest BCUT2D eigenvalue weighted by Crippen LogP contribution is 2.35. The van der Waals surface area contributed by atoms with E-state index in [9.17, 15) is 0 Å². The first kappa shape index (κ1) is 14.6. The maximum atomic E-state index is 3.75. The van der Waals surface area contributed by atoms with Gasteiger partial charge in [-0.15, -0.1) is 0 Å². The fraction of sp³-hybridized carbons (Fsp3) is 0.647. The zero-order valence-corrected chi connectivity index (χ0v) is 14.1. The van der Waals surface area contributed by atoms with Crippen LogP contribution in [0.3, 0.4) is 0 Å². The summed E-state index contributed by atoms with van der Waals surface area (Å²) >= 11 is 3.75. The molecule has 3 rings (SSSR count). The summed E-state index contributed by atoms with van der Waals surface area (Å²) in [5.74, 6) is 0.931. The normalized spacial score (nSPS) is 20.4. The molecule has 0 heterocycles. The second kappa shape index (κ2) is 6.17. The Kier molecular flexibility index (Phi) is 4.49. The van der Waals surface area contributed by atoms with Gasteiger partial charge in [-0.05, 0) is 62.8 Å². The molecule has 2 aliphatic rings. The second-order valence-corrected chi connectivity index (χ2v) is 7.43. The summed E-state index contributed by atoms with van der Waals surface area (Å²) in [6.45, 7) is 4.39. The Bertz CT molecular complexity index is 466. The van der Waals surface area contributed by atoms with Crippen LogP contribution in [-0.4, -0.2) is 24.0 Å². The van der Waals surface area contributed by atoms with Crippen LogP contribution < -0.4 is 5.32 Å². The van der Waals surface area contributed by atoms with Gasteiger partial charge in [0.2, 0.25) is 0 Å². The van der Waals surface area contributed by atoms with Gasteiger partial charge in [-0.3, -0.25) is 4.90 Å². The van der Waals surface area contributed by atoms with E-state index in [-0.39, 0.29) is 0 Å². The number of hydrogen-bond donors (Lipinski definition) is 1. The number of rotatable bonds is 7. The largest absolute Gasteiger partial charge is 0.310 e. The van der Waals surface area contributed by atoms with Crippen molar-refractivity contribution in [1.82, 2.24) is 10.2 Å². The molecule has 2 saturated carbocycles. The molecule has 20 heavy (non-hydrogen) atoms. The van der Waals surface area contributed by atoms with Crippen LogP contribution in [0.4, 0.5) is 0 Å². The Morgan fingerprint density at radius 2 is 2.05 bits per heavy atom. The Balaban J connectivity index is 1.57. The molecular formula is C17H25BrN2. The Morgan fingerprint density at radius 1 is 1.30 bits per heavy atom. The van der Waals surface area contributed by atoms with E-state index < -0.39 is 0 Å². The lowest BCUT2D eigenvalue weighted by Gasteiger charge is -2.25. The van der Waals surface area contributed by atoms with Gasteiger partial charge in [0.05, 0.1) is 0 Å². The van der Waals surface area contributed by atoms with Gasteiger partial charge in [0, 0.05) is 29.6 Å². The van der Waals surface area contributed by atoms with E-state index in [1.54, 1.807) is 0 Å². The van der Waals surface area contributed by atoms with Gasteiger partial charge in [0.25, 0.3) is 0 Å². The first-order chi connectivity index (χ1) is 9.63. The van der Waals surface area contributed by atoms with Crippen LogP contribution in [-0.2, 0) is 13.1 Å². The number of nitrogens with one attached hydrogen (secondary N) is 1. The monoisotopic (exact) mass is 336 g/mol. The van der Waals surface area contributed by atoms with E-state index in [0.29, 0.717) is 6.04 Å². The molecule has 1 N–H and O–H groups in total. The first-order valence-electron chi connectivity index (χ1n) is 7.84. The second-order valence-electron chi connectivity index (χ2n) is 6.57. The van der Waals surface area contributed by atoms with E-state index in [1.165, 1.54) is 41.3 Å². The van der Waals surface area contributed by atoms with Gasteiger partial charge in [0.15, 0.2) is 0 Å². The maximum absolute atomic E-state index is 3.75. The highest BCUT2D eigenvalue weighted by Gasteiger charge is 2.30. The molecule has 110 valence electrons. The van der Waals surface area contributed by atoms with Crippen LogP contribution in [0.25, 0.3) is 0 Å². The Morgan fingerprint density at radius 3 is 2.65 bits per heavy atom. The van der Waals surface area contributed by atoms with Crippen molar-refractivity contribution < 1.29 is 0 Å². The molecule has 3 heteroatoms. The molecule has 0 aliphatic heterocycles. The predicted octanol–water partition coefficient (Wildman–Crippen LogP) is 3.93. The molecular weight excluding hydrogens is 312 g/mol. The highest BCUT2D eigenvalue weighted by atomic mass is 79.9. The molecule has 2 fully saturated rings. The van der Waals surface area contributed by atoms with Gasteiger partial charge in [-0.25, -0.2) is 0 Å². The van der Waals surface area contributed by atoms with Crippen LogP contribution in [0.1, 0.15) is 43.7 Å². The van der Waals surface area contributed by atoms with Crippen LogP contribution in [0, 0.1) is 5.92 Å². The van der Waals surface area contributed by atoms with Crippen molar-refractivity contribution in [2.24, 2.45) is 5.92 Å². The highest BCUT2D eigenvalue weighted by molar-refractivity contribution is 9.10. The fourth-order valence-electron chi connectivity index (χ4n) is 2.73. The molecule has 0 bridgehead atoms.